The van der Waals surface area contributed by atoms with E-state index in [1.165, 1.54) is 0 Å². The molecule has 3 nitrogen and oxygen atoms in total. The molecule has 0 aromatic carbocycles. The van der Waals surface area contributed by atoms with Crippen LogP contribution < -0.4 is 10.6 Å². The van der Waals surface area contributed by atoms with Gasteiger partial charge < -0.3 is 10.6 Å². The summed E-state index contributed by atoms with van der Waals surface area (Å²) < 4.78 is 0. The predicted octanol–water partition coefficient (Wildman–Crippen LogP) is 3.11. The Kier molecular flexibility index (Phi) is 4.46. The number of nitrogens with one attached hydrogen (secondary N) is 2. The number of rotatable bonds is 2. The molecule has 1 heterocycles. The van der Waals surface area contributed by atoms with Crippen molar-refractivity contribution in [3.05, 3.63) is 24.0 Å². The average molecular weight is 251 g/mol. The first kappa shape index (κ1) is 13.9. The minimum Gasteiger partial charge on any atom is -0.359 e. The normalized spacial score (nSPS) is 13.0. The lowest BCUT2D eigenvalue weighted by molar-refractivity contribution is 0.317. The molecule has 1 rings (SSSR count). The summed E-state index contributed by atoms with van der Waals surface area (Å²) in [5, 5.41) is 7.04. The molecule has 0 aliphatic carbocycles. The Morgan fingerprint density at radius 3 is 2.47 bits per heavy atom. The van der Waals surface area contributed by atoms with Crippen molar-refractivity contribution >= 4 is 23.0 Å². The maximum absolute atomic E-state index is 5.26. The molecule has 0 aliphatic rings. The second-order valence-corrected chi connectivity index (χ2v) is 5.78. The van der Waals surface area contributed by atoms with Crippen molar-refractivity contribution in [2.75, 3.05) is 5.32 Å². The number of aromatic nitrogens is 1. The van der Waals surface area contributed by atoms with Gasteiger partial charge in [-0.3, -0.25) is 4.98 Å². The van der Waals surface area contributed by atoms with Gasteiger partial charge in [0.05, 0.1) is 11.9 Å². The molecule has 4 heteroatoms. The highest BCUT2D eigenvalue weighted by Crippen LogP contribution is 2.18. The number of nitrogens with zero attached hydrogens (tertiary/aromatic N) is 1. The quantitative estimate of drug-likeness (QED) is 0.792. The lowest BCUT2D eigenvalue weighted by Gasteiger charge is -2.29. The number of pyridine rings is 1. The molecular formula is C13H21N3S. The van der Waals surface area contributed by atoms with Crippen molar-refractivity contribution in [1.82, 2.24) is 10.3 Å². The van der Waals surface area contributed by atoms with E-state index in [4.69, 9.17) is 12.2 Å². The summed E-state index contributed by atoms with van der Waals surface area (Å²) in [6, 6.07) is 4.23. The van der Waals surface area contributed by atoms with E-state index in [-0.39, 0.29) is 5.41 Å². The van der Waals surface area contributed by atoms with Crippen molar-refractivity contribution < 1.29 is 0 Å². The molecule has 94 valence electrons. The third kappa shape index (κ3) is 4.69. The summed E-state index contributed by atoms with van der Waals surface area (Å²) in [5.41, 5.74) is 2.09. The Morgan fingerprint density at radius 1 is 1.35 bits per heavy atom. The van der Waals surface area contributed by atoms with Crippen LogP contribution in [0.15, 0.2) is 18.3 Å². The van der Waals surface area contributed by atoms with Gasteiger partial charge in [-0.2, -0.15) is 0 Å². The van der Waals surface area contributed by atoms with Gasteiger partial charge >= 0.3 is 0 Å². The molecule has 0 unspecified atom stereocenters. The third-order valence-corrected chi connectivity index (χ3v) is 3.04. The Hall–Kier alpha value is -1.16. The number of hydrogen-bond acceptors (Lipinski definition) is 2. The van der Waals surface area contributed by atoms with Crippen molar-refractivity contribution in [2.45, 2.75) is 40.7 Å². The Bertz CT molecular complexity index is 379. The Labute approximate surface area is 109 Å². The molecule has 0 saturated heterocycles. The first-order chi connectivity index (χ1) is 7.79. The second-order valence-electron chi connectivity index (χ2n) is 5.37. The largest absolute Gasteiger partial charge is 0.359 e. The van der Waals surface area contributed by atoms with Gasteiger partial charge in [0.15, 0.2) is 5.11 Å². The van der Waals surface area contributed by atoms with Crippen LogP contribution in [0.5, 0.6) is 0 Å². The lowest BCUT2D eigenvalue weighted by Crippen LogP contribution is -2.43. The fraction of sp³-hybridized carbons (Fsp3) is 0.538. The molecule has 2 N–H and O–H groups in total. The molecule has 0 amide bonds. The second kappa shape index (κ2) is 5.45. The zero-order valence-corrected chi connectivity index (χ0v) is 12.0. The Morgan fingerprint density at radius 2 is 2.00 bits per heavy atom. The van der Waals surface area contributed by atoms with E-state index in [9.17, 15) is 0 Å². The molecule has 0 spiro atoms. The van der Waals surface area contributed by atoms with Crippen LogP contribution in [-0.2, 0) is 0 Å². The third-order valence-electron chi connectivity index (χ3n) is 2.82. The summed E-state index contributed by atoms with van der Waals surface area (Å²) in [4.78, 5) is 4.21. The monoisotopic (exact) mass is 251 g/mol. The van der Waals surface area contributed by atoms with Gasteiger partial charge in [-0.15, -0.1) is 0 Å². The standard InChI is InChI=1S/C13H21N3S/c1-9-6-7-11(8-14-9)16-12(17)15-10(2)13(3,4)5/h6-8,10H,1-5H3,(H2,15,16,17)/t10-/m1/s1. The van der Waals surface area contributed by atoms with E-state index >= 15 is 0 Å². The maximum atomic E-state index is 5.26. The van der Waals surface area contributed by atoms with Crippen molar-refractivity contribution in [1.29, 1.82) is 0 Å². The zero-order chi connectivity index (χ0) is 13.1. The van der Waals surface area contributed by atoms with Crippen LogP contribution in [0.4, 0.5) is 5.69 Å². The molecule has 1 atom stereocenters. The summed E-state index contributed by atoms with van der Waals surface area (Å²) in [6.07, 6.45) is 1.78. The van der Waals surface area contributed by atoms with E-state index in [1.54, 1.807) is 6.20 Å². The number of aryl methyl sites for hydroxylation is 1. The van der Waals surface area contributed by atoms with Crippen molar-refractivity contribution in [3.63, 3.8) is 0 Å². The van der Waals surface area contributed by atoms with Gasteiger partial charge in [-0.05, 0) is 43.6 Å². The summed E-state index contributed by atoms with van der Waals surface area (Å²) in [6.45, 7) is 10.6. The Balaban J connectivity index is 2.53. The van der Waals surface area contributed by atoms with Crippen LogP contribution in [0.1, 0.15) is 33.4 Å². The van der Waals surface area contributed by atoms with Crippen LogP contribution in [0.25, 0.3) is 0 Å². The van der Waals surface area contributed by atoms with Crippen molar-refractivity contribution in [3.8, 4) is 0 Å². The van der Waals surface area contributed by atoms with Crippen LogP contribution in [-0.4, -0.2) is 16.1 Å². The summed E-state index contributed by atoms with van der Waals surface area (Å²) >= 11 is 5.26. The fourth-order valence-corrected chi connectivity index (χ4v) is 1.42. The number of anilines is 1. The zero-order valence-electron chi connectivity index (χ0n) is 11.2. The SMILES string of the molecule is Cc1ccc(NC(=S)N[C@H](C)C(C)(C)C)cn1. The molecule has 17 heavy (non-hydrogen) atoms. The topological polar surface area (TPSA) is 37.0 Å². The van der Waals surface area contributed by atoms with Crippen LogP contribution in [0.3, 0.4) is 0 Å². The van der Waals surface area contributed by atoms with Crippen LogP contribution >= 0.6 is 12.2 Å². The highest BCUT2D eigenvalue weighted by molar-refractivity contribution is 7.80. The molecule has 1 aromatic rings. The molecule has 0 saturated carbocycles. The van der Waals surface area contributed by atoms with Gasteiger partial charge in [0, 0.05) is 11.7 Å². The smallest absolute Gasteiger partial charge is 0.171 e. The highest BCUT2D eigenvalue weighted by Gasteiger charge is 2.20. The lowest BCUT2D eigenvalue weighted by atomic mass is 9.88. The molecule has 0 bridgehead atoms. The summed E-state index contributed by atoms with van der Waals surface area (Å²) in [7, 11) is 0. The maximum Gasteiger partial charge on any atom is 0.171 e. The van der Waals surface area contributed by atoms with Gasteiger partial charge in [-0.25, -0.2) is 0 Å². The summed E-state index contributed by atoms with van der Waals surface area (Å²) in [5.74, 6) is 0. The van der Waals surface area contributed by atoms with E-state index < -0.39 is 0 Å². The molecular weight excluding hydrogens is 230 g/mol. The van der Waals surface area contributed by atoms with E-state index in [0.717, 1.165) is 11.4 Å². The van der Waals surface area contributed by atoms with Gasteiger partial charge in [0.1, 0.15) is 0 Å². The van der Waals surface area contributed by atoms with Crippen LogP contribution in [0.2, 0.25) is 0 Å². The average Bonchev–Trinajstić information content (AvgIpc) is 2.20. The van der Waals surface area contributed by atoms with Gasteiger partial charge in [-0.1, -0.05) is 20.8 Å². The first-order valence-corrected chi connectivity index (χ1v) is 6.20. The minimum atomic E-state index is 0.178. The van der Waals surface area contributed by atoms with Gasteiger partial charge in [0.25, 0.3) is 0 Å². The molecule has 1 aromatic heterocycles. The molecule has 0 fully saturated rings. The van der Waals surface area contributed by atoms with Crippen LogP contribution in [0, 0.1) is 12.3 Å². The fourth-order valence-electron chi connectivity index (χ4n) is 1.12. The number of thiocarbonyl (C=S) groups is 1. The van der Waals surface area contributed by atoms with E-state index in [1.807, 2.05) is 19.1 Å². The molecule has 0 radical (unpaired) electrons. The van der Waals surface area contributed by atoms with E-state index in [2.05, 4.69) is 43.3 Å². The first-order valence-electron chi connectivity index (χ1n) is 5.79. The van der Waals surface area contributed by atoms with Gasteiger partial charge in [0.2, 0.25) is 0 Å². The predicted molar refractivity (Wildman–Crippen MR) is 77.2 cm³/mol. The minimum absolute atomic E-state index is 0.178. The molecule has 0 aliphatic heterocycles. The van der Waals surface area contributed by atoms with Crippen molar-refractivity contribution in [2.24, 2.45) is 5.41 Å². The van der Waals surface area contributed by atoms with E-state index in [0.29, 0.717) is 11.2 Å². The number of hydrogen-bond donors (Lipinski definition) is 2. The highest BCUT2D eigenvalue weighted by atomic mass is 32.1.